The Morgan fingerprint density at radius 2 is 1.59 bits per heavy atom. The monoisotopic (exact) mass is 233 g/mol. The number of nitrogens with one attached hydrogen (secondary N) is 1. The van der Waals surface area contributed by atoms with E-state index < -0.39 is 0 Å². The molecule has 0 aliphatic rings. The SMILES string of the molecule is CCNCC(C)(CC)Cc1ccc(CC)cc1. The van der Waals surface area contributed by atoms with E-state index in [1.165, 1.54) is 24.0 Å². The number of hydrogen-bond donors (Lipinski definition) is 1. The molecule has 1 heteroatoms. The zero-order valence-electron chi connectivity index (χ0n) is 11.8. The van der Waals surface area contributed by atoms with Crippen molar-refractivity contribution < 1.29 is 0 Å². The second-order valence-electron chi connectivity index (χ2n) is 5.29. The molecule has 1 N–H and O–H groups in total. The molecule has 0 radical (unpaired) electrons. The average Bonchev–Trinajstić information content (AvgIpc) is 2.37. The van der Waals surface area contributed by atoms with Crippen molar-refractivity contribution >= 4 is 0 Å². The Morgan fingerprint density at radius 3 is 2.06 bits per heavy atom. The molecule has 0 aliphatic heterocycles. The van der Waals surface area contributed by atoms with Crippen LogP contribution in [0, 0.1) is 5.41 Å². The van der Waals surface area contributed by atoms with Crippen LogP contribution in [0.2, 0.25) is 0 Å². The first-order valence-corrected chi connectivity index (χ1v) is 6.92. The Hall–Kier alpha value is -0.820. The zero-order valence-corrected chi connectivity index (χ0v) is 11.8. The summed E-state index contributed by atoms with van der Waals surface area (Å²) in [6.07, 6.45) is 3.51. The molecule has 1 aromatic carbocycles. The molecule has 1 nitrogen and oxygen atoms in total. The van der Waals surface area contributed by atoms with Gasteiger partial charge in [0.2, 0.25) is 0 Å². The number of hydrogen-bond acceptors (Lipinski definition) is 1. The zero-order chi connectivity index (χ0) is 12.7. The van der Waals surface area contributed by atoms with Gasteiger partial charge in [0.05, 0.1) is 0 Å². The summed E-state index contributed by atoms with van der Waals surface area (Å²) in [6, 6.07) is 9.11. The van der Waals surface area contributed by atoms with Crippen LogP contribution in [0.4, 0.5) is 0 Å². The van der Waals surface area contributed by atoms with E-state index in [1.54, 1.807) is 0 Å². The van der Waals surface area contributed by atoms with Gasteiger partial charge in [0.1, 0.15) is 0 Å². The smallest absolute Gasteiger partial charge is 0.000813 e. The van der Waals surface area contributed by atoms with Crippen LogP contribution < -0.4 is 5.32 Å². The summed E-state index contributed by atoms with van der Waals surface area (Å²) in [5, 5.41) is 3.48. The van der Waals surface area contributed by atoms with Gasteiger partial charge >= 0.3 is 0 Å². The number of benzene rings is 1. The van der Waals surface area contributed by atoms with Crippen LogP contribution in [0.15, 0.2) is 24.3 Å². The van der Waals surface area contributed by atoms with E-state index >= 15 is 0 Å². The van der Waals surface area contributed by atoms with Crippen molar-refractivity contribution in [2.45, 2.75) is 47.0 Å². The average molecular weight is 233 g/mol. The summed E-state index contributed by atoms with van der Waals surface area (Å²) in [5.74, 6) is 0. The lowest BCUT2D eigenvalue weighted by Crippen LogP contribution is -2.33. The molecule has 0 aliphatic carbocycles. The van der Waals surface area contributed by atoms with Crippen LogP contribution in [0.25, 0.3) is 0 Å². The quantitative estimate of drug-likeness (QED) is 0.755. The molecule has 0 bridgehead atoms. The lowest BCUT2D eigenvalue weighted by atomic mass is 9.81. The van der Waals surface area contributed by atoms with Crippen LogP contribution in [0.3, 0.4) is 0 Å². The summed E-state index contributed by atoms with van der Waals surface area (Å²) >= 11 is 0. The largest absolute Gasteiger partial charge is 0.316 e. The molecule has 0 saturated carbocycles. The first-order valence-electron chi connectivity index (χ1n) is 6.92. The van der Waals surface area contributed by atoms with Gasteiger partial charge in [-0.05, 0) is 42.3 Å². The van der Waals surface area contributed by atoms with Crippen LogP contribution in [0.1, 0.15) is 45.2 Å². The van der Waals surface area contributed by atoms with Crippen LogP contribution >= 0.6 is 0 Å². The Labute approximate surface area is 107 Å². The molecular weight excluding hydrogens is 206 g/mol. The third kappa shape index (κ3) is 4.51. The Balaban J connectivity index is 2.65. The predicted molar refractivity (Wildman–Crippen MR) is 76.5 cm³/mol. The maximum atomic E-state index is 3.48. The third-order valence-electron chi connectivity index (χ3n) is 3.72. The normalized spacial score (nSPS) is 14.6. The minimum absolute atomic E-state index is 0.379. The Kier molecular flexibility index (Phi) is 5.70. The summed E-state index contributed by atoms with van der Waals surface area (Å²) in [5.41, 5.74) is 3.27. The van der Waals surface area contributed by atoms with Crippen LogP contribution in [0.5, 0.6) is 0 Å². The minimum atomic E-state index is 0.379. The second kappa shape index (κ2) is 6.80. The summed E-state index contributed by atoms with van der Waals surface area (Å²) in [7, 11) is 0. The van der Waals surface area contributed by atoms with E-state index in [9.17, 15) is 0 Å². The van der Waals surface area contributed by atoms with Crippen molar-refractivity contribution in [2.24, 2.45) is 5.41 Å². The highest BCUT2D eigenvalue weighted by atomic mass is 14.9. The lowest BCUT2D eigenvalue weighted by Gasteiger charge is -2.28. The summed E-state index contributed by atoms with van der Waals surface area (Å²) < 4.78 is 0. The highest BCUT2D eigenvalue weighted by molar-refractivity contribution is 5.23. The molecule has 17 heavy (non-hydrogen) atoms. The van der Waals surface area contributed by atoms with Crippen molar-refractivity contribution in [3.63, 3.8) is 0 Å². The molecule has 0 amide bonds. The first kappa shape index (κ1) is 14.2. The minimum Gasteiger partial charge on any atom is -0.316 e. The predicted octanol–water partition coefficient (Wildman–Crippen LogP) is 3.82. The fourth-order valence-corrected chi connectivity index (χ4v) is 2.12. The highest BCUT2D eigenvalue weighted by Gasteiger charge is 2.21. The van der Waals surface area contributed by atoms with E-state index in [4.69, 9.17) is 0 Å². The molecule has 0 spiro atoms. The van der Waals surface area contributed by atoms with Gasteiger partial charge in [-0.1, -0.05) is 52.0 Å². The van der Waals surface area contributed by atoms with Gasteiger partial charge in [-0.2, -0.15) is 0 Å². The van der Waals surface area contributed by atoms with Crippen LogP contribution in [-0.4, -0.2) is 13.1 Å². The Bertz CT molecular complexity index is 315. The fraction of sp³-hybridized carbons (Fsp3) is 0.625. The molecular formula is C16H27N. The van der Waals surface area contributed by atoms with Gasteiger partial charge in [-0.3, -0.25) is 0 Å². The van der Waals surface area contributed by atoms with Gasteiger partial charge < -0.3 is 5.32 Å². The highest BCUT2D eigenvalue weighted by Crippen LogP contribution is 2.25. The summed E-state index contributed by atoms with van der Waals surface area (Å²) in [6.45, 7) is 11.2. The third-order valence-corrected chi connectivity index (χ3v) is 3.72. The molecule has 0 aromatic heterocycles. The van der Waals surface area contributed by atoms with E-state index in [-0.39, 0.29) is 0 Å². The van der Waals surface area contributed by atoms with E-state index in [0.717, 1.165) is 19.5 Å². The van der Waals surface area contributed by atoms with E-state index in [0.29, 0.717) is 5.41 Å². The van der Waals surface area contributed by atoms with Gasteiger partial charge in [0.15, 0.2) is 0 Å². The molecule has 0 saturated heterocycles. The molecule has 1 aromatic rings. The maximum absolute atomic E-state index is 3.48. The molecule has 0 fully saturated rings. The molecule has 1 atom stereocenters. The molecule has 1 rings (SSSR count). The van der Waals surface area contributed by atoms with E-state index in [1.807, 2.05) is 0 Å². The van der Waals surface area contributed by atoms with Gasteiger partial charge in [0.25, 0.3) is 0 Å². The summed E-state index contributed by atoms with van der Waals surface area (Å²) in [4.78, 5) is 0. The van der Waals surface area contributed by atoms with E-state index in [2.05, 4.69) is 57.3 Å². The van der Waals surface area contributed by atoms with Gasteiger partial charge in [0, 0.05) is 6.54 Å². The lowest BCUT2D eigenvalue weighted by molar-refractivity contribution is 0.293. The molecule has 1 unspecified atom stereocenters. The number of aryl methyl sites for hydroxylation is 1. The van der Waals surface area contributed by atoms with Crippen LogP contribution in [-0.2, 0) is 12.8 Å². The standard InChI is InChI=1S/C16H27N/c1-5-14-8-10-15(11-9-14)12-16(4,6-2)13-17-7-3/h8-11,17H,5-7,12-13H2,1-4H3. The van der Waals surface area contributed by atoms with Gasteiger partial charge in [-0.15, -0.1) is 0 Å². The maximum Gasteiger partial charge on any atom is 0.000813 e. The fourth-order valence-electron chi connectivity index (χ4n) is 2.12. The van der Waals surface area contributed by atoms with Crippen molar-refractivity contribution in [2.75, 3.05) is 13.1 Å². The second-order valence-corrected chi connectivity index (χ2v) is 5.29. The van der Waals surface area contributed by atoms with Gasteiger partial charge in [-0.25, -0.2) is 0 Å². The van der Waals surface area contributed by atoms with Crippen molar-refractivity contribution in [1.82, 2.24) is 5.32 Å². The first-order chi connectivity index (χ1) is 8.13. The topological polar surface area (TPSA) is 12.0 Å². The number of rotatable bonds is 7. The van der Waals surface area contributed by atoms with Crippen molar-refractivity contribution in [3.05, 3.63) is 35.4 Å². The Morgan fingerprint density at radius 1 is 1.00 bits per heavy atom. The van der Waals surface area contributed by atoms with Crippen molar-refractivity contribution in [3.8, 4) is 0 Å². The molecule has 0 heterocycles. The molecule has 96 valence electrons. The van der Waals surface area contributed by atoms with Crippen molar-refractivity contribution in [1.29, 1.82) is 0 Å².